The SMILES string of the molecule is CC.CC.CC.CC.CC1CCCCN1CC(F)(F)F.CC1CCCCN1CC(F)F. The summed E-state index contributed by atoms with van der Waals surface area (Å²) in [4.78, 5) is 3.40. The van der Waals surface area contributed by atoms with Crippen molar-refractivity contribution in [3.05, 3.63) is 0 Å². The first-order valence-electron chi connectivity index (χ1n) is 12.5. The molecule has 2 heterocycles. The second-order valence-corrected chi connectivity index (χ2v) is 6.66. The van der Waals surface area contributed by atoms with E-state index in [4.69, 9.17) is 0 Å². The highest BCUT2D eigenvalue weighted by Gasteiger charge is 2.33. The van der Waals surface area contributed by atoms with Crippen molar-refractivity contribution in [3.63, 3.8) is 0 Å². The van der Waals surface area contributed by atoms with Gasteiger partial charge in [0.25, 0.3) is 6.43 Å². The number of halogens is 5. The van der Waals surface area contributed by atoms with Crippen LogP contribution in [-0.2, 0) is 0 Å². The van der Waals surface area contributed by atoms with Gasteiger partial charge in [0.2, 0.25) is 0 Å². The number of likely N-dealkylation sites (tertiary alicyclic amines) is 2. The predicted molar refractivity (Wildman–Crippen MR) is 127 cm³/mol. The van der Waals surface area contributed by atoms with E-state index in [1.165, 1.54) is 11.3 Å². The normalized spacial score (nSPS) is 21.3. The quantitative estimate of drug-likeness (QED) is 0.386. The molecule has 0 spiro atoms. The highest BCUT2D eigenvalue weighted by molar-refractivity contribution is 4.75. The van der Waals surface area contributed by atoms with Crippen molar-refractivity contribution in [2.24, 2.45) is 0 Å². The number of piperidine rings is 2. The largest absolute Gasteiger partial charge is 0.401 e. The first-order chi connectivity index (χ1) is 14.7. The third-order valence-corrected chi connectivity index (χ3v) is 4.64. The molecular formula is C24H53F5N2. The molecule has 2 saturated heterocycles. The molecule has 0 N–H and O–H groups in total. The fourth-order valence-electron chi connectivity index (χ4n) is 3.23. The lowest BCUT2D eigenvalue weighted by Crippen LogP contribution is -2.43. The van der Waals surface area contributed by atoms with Crippen LogP contribution >= 0.6 is 0 Å². The number of rotatable bonds is 3. The summed E-state index contributed by atoms with van der Waals surface area (Å²) in [6.45, 7) is 20.6. The van der Waals surface area contributed by atoms with Crippen molar-refractivity contribution < 1.29 is 22.0 Å². The van der Waals surface area contributed by atoms with Crippen LogP contribution < -0.4 is 0 Å². The van der Waals surface area contributed by atoms with E-state index in [0.717, 1.165) is 38.6 Å². The molecule has 2 atom stereocenters. The third-order valence-electron chi connectivity index (χ3n) is 4.64. The summed E-state index contributed by atoms with van der Waals surface area (Å²) in [5.41, 5.74) is 0. The van der Waals surface area contributed by atoms with E-state index in [2.05, 4.69) is 0 Å². The van der Waals surface area contributed by atoms with E-state index in [1.807, 2.05) is 74.1 Å². The van der Waals surface area contributed by atoms with E-state index in [0.29, 0.717) is 12.6 Å². The first kappa shape index (κ1) is 37.9. The van der Waals surface area contributed by atoms with Crippen molar-refractivity contribution in [3.8, 4) is 0 Å². The predicted octanol–water partition coefficient (Wildman–Crippen LogP) is 8.65. The van der Waals surface area contributed by atoms with Crippen LogP contribution in [0.5, 0.6) is 0 Å². The lowest BCUT2D eigenvalue weighted by Gasteiger charge is -2.33. The molecule has 2 fully saturated rings. The van der Waals surface area contributed by atoms with Gasteiger partial charge in [0.05, 0.1) is 13.1 Å². The Morgan fingerprint density at radius 2 is 1.03 bits per heavy atom. The monoisotopic (exact) mass is 464 g/mol. The van der Waals surface area contributed by atoms with Gasteiger partial charge >= 0.3 is 6.18 Å². The van der Waals surface area contributed by atoms with Crippen molar-refractivity contribution >= 4 is 0 Å². The Morgan fingerprint density at radius 3 is 1.32 bits per heavy atom. The standard InChI is InChI=1S/C8H14F3N.C8H15F2N.4C2H6/c1-7-4-2-3-5-12(7)6-8(9,10)11;1-7-4-2-3-5-11(7)6-8(9)10;4*1-2/h7H,2-6H2,1H3;7-8H,2-6H2,1H3;4*1-2H3. The Balaban J connectivity index is -0.000000178. The summed E-state index contributed by atoms with van der Waals surface area (Å²) in [7, 11) is 0. The number of hydrogen-bond acceptors (Lipinski definition) is 2. The summed E-state index contributed by atoms with van der Waals surface area (Å²) in [5.74, 6) is 0. The maximum absolute atomic E-state index is 12.0. The number of nitrogens with zero attached hydrogens (tertiary/aromatic N) is 2. The Morgan fingerprint density at radius 1 is 0.677 bits per heavy atom. The van der Waals surface area contributed by atoms with Crippen LogP contribution in [0.2, 0.25) is 0 Å². The summed E-state index contributed by atoms with van der Waals surface area (Å²) in [5, 5.41) is 0. The zero-order chi connectivity index (χ0) is 25.5. The molecular weight excluding hydrogens is 411 g/mol. The molecule has 0 aliphatic carbocycles. The molecule has 31 heavy (non-hydrogen) atoms. The molecule has 0 bridgehead atoms. The van der Waals surface area contributed by atoms with Gasteiger partial charge in [-0.3, -0.25) is 9.80 Å². The Kier molecular flexibility index (Phi) is 31.5. The zero-order valence-electron chi connectivity index (χ0n) is 22.1. The van der Waals surface area contributed by atoms with E-state index in [9.17, 15) is 22.0 Å². The van der Waals surface area contributed by atoms with Gasteiger partial charge in [0.15, 0.2) is 0 Å². The van der Waals surface area contributed by atoms with Gasteiger partial charge in [-0.05, 0) is 52.6 Å². The minimum Gasteiger partial charge on any atom is -0.295 e. The summed E-state index contributed by atoms with van der Waals surface area (Å²) in [6.07, 6.45) is 0.0121. The lowest BCUT2D eigenvalue weighted by atomic mass is 10.0. The molecule has 2 aliphatic rings. The topological polar surface area (TPSA) is 6.48 Å². The fourth-order valence-corrected chi connectivity index (χ4v) is 3.23. The van der Waals surface area contributed by atoms with Crippen LogP contribution in [0.25, 0.3) is 0 Å². The van der Waals surface area contributed by atoms with Gasteiger partial charge in [-0.25, -0.2) is 8.78 Å². The van der Waals surface area contributed by atoms with Crippen LogP contribution in [0.1, 0.15) is 108 Å². The molecule has 2 unspecified atom stereocenters. The molecule has 0 aromatic rings. The van der Waals surface area contributed by atoms with Gasteiger partial charge in [-0.15, -0.1) is 0 Å². The average molecular weight is 465 g/mol. The van der Waals surface area contributed by atoms with E-state index in [-0.39, 0.29) is 12.6 Å². The van der Waals surface area contributed by atoms with Gasteiger partial charge in [-0.1, -0.05) is 68.2 Å². The molecule has 7 heteroatoms. The lowest BCUT2D eigenvalue weighted by molar-refractivity contribution is -0.152. The van der Waals surface area contributed by atoms with Crippen LogP contribution in [0, 0.1) is 0 Å². The third kappa shape index (κ3) is 24.1. The second kappa shape index (κ2) is 25.8. The van der Waals surface area contributed by atoms with Crippen LogP contribution in [0.4, 0.5) is 22.0 Å². The van der Waals surface area contributed by atoms with Gasteiger partial charge in [0, 0.05) is 12.1 Å². The molecule has 2 aliphatic heterocycles. The first-order valence-corrected chi connectivity index (χ1v) is 12.5. The summed E-state index contributed by atoms with van der Waals surface area (Å²) >= 11 is 0. The number of hydrogen-bond donors (Lipinski definition) is 0. The van der Waals surface area contributed by atoms with Crippen LogP contribution in [-0.4, -0.2) is 60.7 Å². The van der Waals surface area contributed by atoms with Crippen molar-refractivity contribution in [2.45, 2.75) is 132 Å². The summed E-state index contributed by atoms with van der Waals surface area (Å²) in [6, 6.07) is 0.457. The minimum atomic E-state index is -4.04. The van der Waals surface area contributed by atoms with Gasteiger partial charge in [0.1, 0.15) is 0 Å². The maximum Gasteiger partial charge on any atom is 0.401 e. The number of alkyl halides is 5. The molecule has 0 radical (unpaired) electrons. The maximum atomic E-state index is 12.0. The Bertz CT molecular complexity index is 326. The van der Waals surface area contributed by atoms with Gasteiger partial charge < -0.3 is 0 Å². The van der Waals surface area contributed by atoms with Gasteiger partial charge in [-0.2, -0.15) is 13.2 Å². The van der Waals surface area contributed by atoms with Crippen LogP contribution in [0.3, 0.4) is 0 Å². The average Bonchev–Trinajstić information content (AvgIpc) is 2.76. The Labute approximate surface area is 190 Å². The van der Waals surface area contributed by atoms with E-state index < -0.39 is 19.1 Å². The molecule has 2 nitrogen and oxygen atoms in total. The Hall–Kier alpha value is -0.430. The summed E-state index contributed by atoms with van der Waals surface area (Å²) < 4.78 is 59.8. The molecule has 0 aromatic heterocycles. The fraction of sp³-hybridized carbons (Fsp3) is 1.00. The van der Waals surface area contributed by atoms with Crippen LogP contribution in [0.15, 0.2) is 0 Å². The molecule has 0 aromatic carbocycles. The molecule has 0 amide bonds. The van der Waals surface area contributed by atoms with Crippen molar-refractivity contribution in [2.75, 3.05) is 26.2 Å². The van der Waals surface area contributed by atoms with Crippen molar-refractivity contribution in [1.29, 1.82) is 0 Å². The van der Waals surface area contributed by atoms with E-state index >= 15 is 0 Å². The second-order valence-electron chi connectivity index (χ2n) is 6.66. The molecule has 0 saturated carbocycles. The van der Waals surface area contributed by atoms with E-state index in [1.54, 1.807) is 0 Å². The highest BCUT2D eigenvalue weighted by atomic mass is 19.4. The molecule has 2 rings (SSSR count). The smallest absolute Gasteiger partial charge is 0.295 e. The minimum absolute atomic E-state index is 0.0405. The highest BCUT2D eigenvalue weighted by Crippen LogP contribution is 2.23. The molecule has 194 valence electrons. The van der Waals surface area contributed by atoms with Crippen molar-refractivity contribution in [1.82, 2.24) is 9.80 Å². The zero-order valence-corrected chi connectivity index (χ0v) is 22.1.